The van der Waals surface area contributed by atoms with E-state index in [1.807, 2.05) is 13.0 Å². The number of sulfonamides is 1. The van der Waals surface area contributed by atoms with Gasteiger partial charge in [-0.1, -0.05) is 29.8 Å². The van der Waals surface area contributed by atoms with E-state index in [2.05, 4.69) is 5.32 Å². The molecule has 1 amide bonds. The summed E-state index contributed by atoms with van der Waals surface area (Å²) < 4.78 is 41.2. The summed E-state index contributed by atoms with van der Waals surface area (Å²) in [6.07, 6.45) is 1.72. The molecule has 0 radical (unpaired) electrons. The molecule has 2 aliphatic heterocycles. The zero-order valence-corrected chi connectivity index (χ0v) is 18.4. The summed E-state index contributed by atoms with van der Waals surface area (Å²) in [5.41, 5.74) is 1.84. The fourth-order valence-electron chi connectivity index (χ4n) is 4.04. The quantitative estimate of drug-likeness (QED) is 0.771. The zero-order valence-electron chi connectivity index (χ0n) is 16.8. The van der Waals surface area contributed by atoms with Crippen molar-refractivity contribution in [1.82, 2.24) is 9.62 Å². The lowest BCUT2D eigenvalue weighted by Gasteiger charge is -2.32. The second-order valence-corrected chi connectivity index (χ2v) is 10.9. The number of aryl methyl sites for hydroxylation is 1. The second kappa shape index (κ2) is 8.69. The van der Waals surface area contributed by atoms with Gasteiger partial charge in [0.25, 0.3) is 0 Å². The molecule has 2 heterocycles. The smallest absolute Gasteiger partial charge is 0.243 e. The summed E-state index contributed by atoms with van der Waals surface area (Å²) in [5.74, 6) is 0.202. The second-order valence-electron chi connectivity index (χ2n) is 7.85. The van der Waals surface area contributed by atoms with Gasteiger partial charge in [-0.3, -0.25) is 4.79 Å². The van der Waals surface area contributed by atoms with E-state index in [0.717, 1.165) is 23.3 Å². The summed E-state index contributed by atoms with van der Waals surface area (Å²) in [5, 5.41) is 3.08. The number of halogens is 1. The number of benzene rings is 2. The number of carbonyl (C=O) groups excluding carboxylic acids is 1. The van der Waals surface area contributed by atoms with Gasteiger partial charge in [-0.05, 0) is 49.9 Å². The van der Waals surface area contributed by atoms with Crippen LogP contribution in [0.15, 0.2) is 52.3 Å². The molecule has 1 unspecified atom stereocenters. The van der Waals surface area contributed by atoms with Crippen molar-refractivity contribution in [1.29, 1.82) is 0 Å². The van der Waals surface area contributed by atoms with Gasteiger partial charge in [-0.2, -0.15) is 4.31 Å². The van der Waals surface area contributed by atoms with E-state index in [1.165, 1.54) is 22.1 Å². The SMILES string of the molecule is Cc1ccc(S(=O)(=O)N2CCC(C(=O)NC3CCSc4c(F)cccc43)CC2)cc1. The van der Waals surface area contributed by atoms with Crippen LogP contribution in [0.3, 0.4) is 0 Å². The van der Waals surface area contributed by atoms with E-state index in [4.69, 9.17) is 0 Å². The van der Waals surface area contributed by atoms with E-state index in [9.17, 15) is 17.6 Å². The molecule has 0 spiro atoms. The molecule has 2 aromatic rings. The van der Waals surface area contributed by atoms with Crippen molar-refractivity contribution < 1.29 is 17.6 Å². The number of fused-ring (bicyclic) bond motifs is 1. The maximum Gasteiger partial charge on any atom is 0.243 e. The Bertz CT molecular complexity index is 1030. The van der Waals surface area contributed by atoms with Crippen molar-refractivity contribution in [3.63, 3.8) is 0 Å². The average molecular weight is 449 g/mol. The van der Waals surface area contributed by atoms with Gasteiger partial charge in [0.2, 0.25) is 15.9 Å². The first-order valence-electron chi connectivity index (χ1n) is 10.1. The molecule has 1 atom stereocenters. The molecular formula is C22H25FN2O3S2. The third kappa shape index (κ3) is 4.26. The highest BCUT2D eigenvalue weighted by molar-refractivity contribution is 7.99. The van der Waals surface area contributed by atoms with E-state index >= 15 is 0 Å². The molecule has 1 fully saturated rings. The molecule has 30 heavy (non-hydrogen) atoms. The normalized spacial score (nSPS) is 20.5. The highest BCUT2D eigenvalue weighted by atomic mass is 32.2. The molecule has 2 aromatic carbocycles. The number of hydrogen-bond donors (Lipinski definition) is 1. The number of nitrogens with one attached hydrogen (secondary N) is 1. The molecule has 1 saturated heterocycles. The van der Waals surface area contributed by atoms with Crippen LogP contribution < -0.4 is 5.32 Å². The molecule has 4 rings (SSSR count). The van der Waals surface area contributed by atoms with E-state index in [-0.39, 0.29) is 28.6 Å². The number of nitrogens with zero attached hydrogens (tertiary/aromatic N) is 1. The molecule has 2 aliphatic rings. The minimum absolute atomic E-state index is 0.0745. The van der Waals surface area contributed by atoms with Crippen LogP contribution in [0.2, 0.25) is 0 Å². The van der Waals surface area contributed by atoms with Crippen LogP contribution in [-0.4, -0.2) is 37.5 Å². The van der Waals surface area contributed by atoms with Gasteiger partial charge in [0.05, 0.1) is 10.9 Å². The van der Waals surface area contributed by atoms with Gasteiger partial charge in [-0.15, -0.1) is 11.8 Å². The van der Waals surface area contributed by atoms with Crippen molar-refractivity contribution in [2.24, 2.45) is 5.92 Å². The van der Waals surface area contributed by atoms with Gasteiger partial charge in [0.1, 0.15) is 5.82 Å². The molecule has 8 heteroatoms. The zero-order chi connectivity index (χ0) is 21.3. The minimum Gasteiger partial charge on any atom is -0.349 e. The lowest BCUT2D eigenvalue weighted by molar-refractivity contribution is -0.127. The monoisotopic (exact) mass is 448 g/mol. The van der Waals surface area contributed by atoms with Gasteiger partial charge in [0, 0.05) is 29.7 Å². The van der Waals surface area contributed by atoms with Crippen molar-refractivity contribution in [3.05, 3.63) is 59.4 Å². The lowest BCUT2D eigenvalue weighted by Crippen LogP contribution is -2.44. The predicted molar refractivity (Wildman–Crippen MR) is 115 cm³/mol. The first-order chi connectivity index (χ1) is 14.4. The van der Waals surface area contributed by atoms with Crippen LogP contribution in [-0.2, 0) is 14.8 Å². The van der Waals surface area contributed by atoms with Gasteiger partial charge in [-0.25, -0.2) is 12.8 Å². The lowest BCUT2D eigenvalue weighted by atomic mass is 9.95. The maximum absolute atomic E-state index is 14.1. The summed E-state index contributed by atoms with van der Waals surface area (Å²) in [7, 11) is -3.54. The van der Waals surface area contributed by atoms with Crippen molar-refractivity contribution in [2.75, 3.05) is 18.8 Å². The predicted octanol–water partition coefficient (Wildman–Crippen LogP) is 3.89. The number of hydrogen-bond acceptors (Lipinski definition) is 4. The van der Waals surface area contributed by atoms with Crippen LogP contribution in [0.1, 0.15) is 36.4 Å². The molecular weight excluding hydrogens is 423 g/mol. The Labute approximate surface area is 181 Å². The molecule has 1 N–H and O–H groups in total. The average Bonchev–Trinajstić information content (AvgIpc) is 2.75. The minimum atomic E-state index is -3.54. The van der Waals surface area contributed by atoms with Crippen molar-refractivity contribution >= 4 is 27.7 Å². The third-order valence-electron chi connectivity index (χ3n) is 5.83. The van der Waals surface area contributed by atoms with Crippen LogP contribution in [0, 0.1) is 18.7 Å². The molecule has 5 nitrogen and oxygen atoms in total. The highest BCUT2D eigenvalue weighted by Crippen LogP contribution is 2.38. The van der Waals surface area contributed by atoms with E-state index in [0.29, 0.717) is 30.8 Å². The van der Waals surface area contributed by atoms with Crippen molar-refractivity contribution in [2.45, 2.75) is 42.0 Å². The molecule has 0 aromatic heterocycles. The van der Waals surface area contributed by atoms with Gasteiger partial charge < -0.3 is 5.32 Å². The Morgan fingerprint density at radius 3 is 2.50 bits per heavy atom. The van der Waals surface area contributed by atoms with Crippen LogP contribution in [0.25, 0.3) is 0 Å². The molecule has 160 valence electrons. The fourth-order valence-corrected chi connectivity index (χ4v) is 6.65. The molecule has 0 saturated carbocycles. The number of amides is 1. The first kappa shape index (κ1) is 21.3. The third-order valence-corrected chi connectivity index (χ3v) is 8.90. The number of thioether (sulfide) groups is 1. The van der Waals surface area contributed by atoms with Crippen molar-refractivity contribution in [3.8, 4) is 0 Å². The number of piperidine rings is 1. The van der Waals surface area contributed by atoms with Crippen LogP contribution in [0.5, 0.6) is 0 Å². The van der Waals surface area contributed by atoms with E-state index in [1.54, 1.807) is 30.3 Å². The number of carbonyl (C=O) groups is 1. The van der Waals surface area contributed by atoms with Crippen LogP contribution in [0.4, 0.5) is 4.39 Å². The molecule has 0 aliphatic carbocycles. The molecule has 0 bridgehead atoms. The number of rotatable bonds is 4. The summed E-state index contributed by atoms with van der Waals surface area (Å²) in [6, 6.07) is 11.6. The standard InChI is InChI=1S/C22H25FN2O3S2/c1-15-5-7-17(8-6-15)30(27,28)25-12-9-16(10-13-25)22(26)24-20-11-14-29-21-18(20)3-2-4-19(21)23/h2-8,16,20H,9-14H2,1H3,(H,24,26). The highest BCUT2D eigenvalue weighted by Gasteiger charge is 2.33. The van der Waals surface area contributed by atoms with Crippen LogP contribution >= 0.6 is 11.8 Å². The topological polar surface area (TPSA) is 66.5 Å². The Morgan fingerprint density at radius 1 is 1.10 bits per heavy atom. The Hall–Kier alpha value is -1.90. The summed E-state index contributed by atoms with van der Waals surface area (Å²) in [4.78, 5) is 13.8. The van der Waals surface area contributed by atoms with Gasteiger partial charge in [0.15, 0.2) is 0 Å². The largest absolute Gasteiger partial charge is 0.349 e. The first-order valence-corrected chi connectivity index (χ1v) is 12.6. The summed E-state index contributed by atoms with van der Waals surface area (Å²) >= 11 is 1.48. The fraction of sp³-hybridized carbons (Fsp3) is 0.409. The van der Waals surface area contributed by atoms with Gasteiger partial charge >= 0.3 is 0 Å². The Morgan fingerprint density at radius 2 is 1.80 bits per heavy atom. The van der Waals surface area contributed by atoms with E-state index < -0.39 is 10.0 Å². The summed E-state index contributed by atoms with van der Waals surface area (Å²) in [6.45, 7) is 2.55. The maximum atomic E-state index is 14.1. The Kier molecular flexibility index (Phi) is 6.18. The Balaban J connectivity index is 1.39.